The number of amides is 3. The highest BCUT2D eigenvalue weighted by Crippen LogP contribution is 2.17. The van der Waals surface area contributed by atoms with Gasteiger partial charge in [-0.25, -0.2) is 5.43 Å². The fourth-order valence-corrected chi connectivity index (χ4v) is 3.42. The number of carbonyl (C=O) groups excluding carboxylic acids is 3. The summed E-state index contributed by atoms with van der Waals surface area (Å²) >= 11 is 0. The average molecular weight is 416 g/mol. The standard InChI is InChI=1S/C21H28N4O5/c26-19(22-13-18-6-3-11-29-18)14-30-17-9-7-15(8-10-17)12-23-25-21(28)20(27)24-16-4-1-2-5-16/h7-10,12,16,18H,1-6,11,13-14H2,(H,22,26)(H,24,27)(H,25,28)/b23-12-/t18-/m1/s1. The van der Waals surface area contributed by atoms with Gasteiger partial charge in [0.25, 0.3) is 5.91 Å². The number of nitrogens with zero attached hydrogens (tertiary/aromatic N) is 1. The van der Waals surface area contributed by atoms with Gasteiger partial charge in [-0.2, -0.15) is 5.10 Å². The van der Waals surface area contributed by atoms with E-state index in [1.165, 1.54) is 6.21 Å². The van der Waals surface area contributed by atoms with Gasteiger partial charge in [-0.3, -0.25) is 14.4 Å². The van der Waals surface area contributed by atoms with E-state index in [2.05, 4.69) is 21.2 Å². The number of ether oxygens (including phenoxy) is 2. The molecular formula is C21H28N4O5. The van der Waals surface area contributed by atoms with E-state index in [-0.39, 0.29) is 24.7 Å². The third-order valence-electron chi connectivity index (χ3n) is 5.08. The molecule has 1 atom stereocenters. The number of hydrogen-bond acceptors (Lipinski definition) is 6. The highest BCUT2D eigenvalue weighted by molar-refractivity contribution is 6.35. The fraction of sp³-hybridized carbons (Fsp3) is 0.524. The molecule has 9 nitrogen and oxygen atoms in total. The van der Waals surface area contributed by atoms with Crippen molar-refractivity contribution in [2.24, 2.45) is 5.10 Å². The summed E-state index contributed by atoms with van der Waals surface area (Å²) in [5.74, 6) is -1.11. The van der Waals surface area contributed by atoms with E-state index in [1.54, 1.807) is 24.3 Å². The fourth-order valence-electron chi connectivity index (χ4n) is 3.42. The molecule has 3 N–H and O–H groups in total. The zero-order valence-corrected chi connectivity index (χ0v) is 16.9. The van der Waals surface area contributed by atoms with Gasteiger partial charge in [-0.05, 0) is 55.5 Å². The Bertz CT molecular complexity index is 753. The molecule has 1 aromatic rings. The molecule has 1 saturated carbocycles. The van der Waals surface area contributed by atoms with E-state index in [0.717, 1.165) is 45.1 Å². The summed E-state index contributed by atoms with van der Waals surface area (Å²) in [6, 6.07) is 6.94. The molecule has 162 valence electrons. The van der Waals surface area contributed by atoms with Crippen molar-refractivity contribution < 1.29 is 23.9 Å². The molecule has 9 heteroatoms. The van der Waals surface area contributed by atoms with Crippen molar-refractivity contribution in [2.75, 3.05) is 19.8 Å². The zero-order chi connectivity index (χ0) is 21.2. The van der Waals surface area contributed by atoms with Crippen LogP contribution in [0.4, 0.5) is 0 Å². The highest BCUT2D eigenvalue weighted by Gasteiger charge is 2.21. The SMILES string of the molecule is O=C(COc1ccc(/C=N\NC(=O)C(=O)NC2CCCC2)cc1)NC[C@H]1CCCO1. The van der Waals surface area contributed by atoms with Crippen molar-refractivity contribution in [3.8, 4) is 5.75 Å². The maximum atomic E-state index is 11.8. The Morgan fingerprint density at radius 3 is 2.53 bits per heavy atom. The zero-order valence-electron chi connectivity index (χ0n) is 16.9. The van der Waals surface area contributed by atoms with Crippen LogP contribution in [0, 0.1) is 0 Å². The van der Waals surface area contributed by atoms with Gasteiger partial charge in [-0.1, -0.05) is 12.8 Å². The third-order valence-corrected chi connectivity index (χ3v) is 5.08. The van der Waals surface area contributed by atoms with Gasteiger partial charge in [0, 0.05) is 19.2 Å². The van der Waals surface area contributed by atoms with Gasteiger partial charge in [0.2, 0.25) is 0 Å². The summed E-state index contributed by atoms with van der Waals surface area (Å²) in [5.41, 5.74) is 2.93. The van der Waals surface area contributed by atoms with Crippen LogP contribution in [0.25, 0.3) is 0 Å². The normalized spacial score (nSPS) is 19.0. The minimum absolute atomic E-state index is 0.0771. The van der Waals surface area contributed by atoms with E-state index >= 15 is 0 Å². The van der Waals surface area contributed by atoms with E-state index in [9.17, 15) is 14.4 Å². The average Bonchev–Trinajstić information content (AvgIpc) is 3.45. The minimum Gasteiger partial charge on any atom is -0.484 e. The second-order valence-electron chi connectivity index (χ2n) is 7.45. The van der Waals surface area contributed by atoms with Crippen LogP contribution in [0.15, 0.2) is 29.4 Å². The number of hydrazone groups is 1. The first-order valence-electron chi connectivity index (χ1n) is 10.4. The Balaban J connectivity index is 1.34. The highest BCUT2D eigenvalue weighted by atomic mass is 16.5. The van der Waals surface area contributed by atoms with Crippen LogP contribution in [0.2, 0.25) is 0 Å². The lowest BCUT2D eigenvalue weighted by molar-refractivity contribution is -0.139. The van der Waals surface area contributed by atoms with E-state index in [4.69, 9.17) is 9.47 Å². The quantitative estimate of drug-likeness (QED) is 0.330. The third kappa shape index (κ3) is 7.14. The lowest BCUT2D eigenvalue weighted by atomic mass is 10.2. The van der Waals surface area contributed by atoms with Crippen LogP contribution >= 0.6 is 0 Å². The Morgan fingerprint density at radius 2 is 1.83 bits per heavy atom. The lowest BCUT2D eigenvalue weighted by Gasteiger charge is -2.11. The second kappa shape index (κ2) is 11.3. The van der Waals surface area contributed by atoms with Crippen molar-refractivity contribution in [1.29, 1.82) is 0 Å². The van der Waals surface area contributed by atoms with Crippen LogP contribution in [0.5, 0.6) is 5.75 Å². The van der Waals surface area contributed by atoms with Gasteiger partial charge in [-0.15, -0.1) is 0 Å². The van der Waals surface area contributed by atoms with Crippen molar-refractivity contribution in [1.82, 2.24) is 16.1 Å². The smallest absolute Gasteiger partial charge is 0.329 e. The molecule has 0 unspecified atom stereocenters. The Morgan fingerprint density at radius 1 is 1.07 bits per heavy atom. The van der Waals surface area contributed by atoms with Gasteiger partial charge >= 0.3 is 11.8 Å². The molecule has 0 spiro atoms. The van der Waals surface area contributed by atoms with Crippen LogP contribution in [0.3, 0.4) is 0 Å². The molecule has 3 amide bonds. The molecule has 0 radical (unpaired) electrons. The van der Waals surface area contributed by atoms with Gasteiger partial charge in [0.15, 0.2) is 6.61 Å². The van der Waals surface area contributed by atoms with Gasteiger partial charge < -0.3 is 20.1 Å². The first-order valence-corrected chi connectivity index (χ1v) is 10.4. The summed E-state index contributed by atoms with van der Waals surface area (Å²) in [7, 11) is 0. The molecule has 30 heavy (non-hydrogen) atoms. The molecule has 1 aromatic carbocycles. The molecule has 1 heterocycles. The molecule has 0 aromatic heterocycles. The van der Waals surface area contributed by atoms with Gasteiger partial charge in [0.05, 0.1) is 12.3 Å². The number of rotatable bonds is 8. The van der Waals surface area contributed by atoms with Crippen molar-refractivity contribution in [3.63, 3.8) is 0 Å². The topological polar surface area (TPSA) is 118 Å². The first kappa shape index (κ1) is 21.8. The monoisotopic (exact) mass is 416 g/mol. The van der Waals surface area contributed by atoms with Crippen LogP contribution in [-0.2, 0) is 19.1 Å². The molecule has 0 bridgehead atoms. The largest absolute Gasteiger partial charge is 0.484 e. The van der Waals surface area contributed by atoms with Crippen LogP contribution in [0.1, 0.15) is 44.1 Å². The van der Waals surface area contributed by atoms with Crippen molar-refractivity contribution in [2.45, 2.75) is 50.7 Å². The van der Waals surface area contributed by atoms with E-state index < -0.39 is 11.8 Å². The molecule has 1 aliphatic heterocycles. The van der Waals surface area contributed by atoms with Crippen molar-refractivity contribution >= 4 is 23.9 Å². The first-order chi connectivity index (χ1) is 14.6. The van der Waals surface area contributed by atoms with Gasteiger partial charge in [0.1, 0.15) is 5.75 Å². The molecule has 2 aliphatic rings. The predicted octanol–water partition coefficient (Wildman–Crippen LogP) is 0.870. The maximum absolute atomic E-state index is 11.8. The van der Waals surface area contributed by atoms with Crippen molar-refractivity contribution in [3.05, 3.63) is 29.8 Å². The summed E-state index contributed by atoms with van der Waals surface area (Å²) in [6.07, 6.45) is 7.50. The Hall–Kier alpha value is -2.94. The molecule has 1 aliphatic carbocycles. The Labute approximate surface area is 175 Å². The number of hydrogen-bond donors (Lipinski definition) is 3. The summed E-state index contributed by atoms with van der Waals surface area (Å²) < 4.78 is 10.9. The summed E-state index contributed by atoms with van der Waals surface area (Å²) in [4.78, 5) is 35.4. The van der Waals surface area contributed by atoms with E-state index in [1.807, 2.05) is 0 Å². The van der Waals surface area contributed by atoms with E-state index in [0.29, 0.717) is 17.9 Å². The minimum atomic E-state index is -0.785. The maximum Gasteiger partial charge on any atom is 0.329 e. The number of carbonyl (C=O) groups is 3. The molecule has 3 rings (SSSR count). The summed E-state index contributed by atoms with van der Waals surface area (Å²) in [6.45, 7) is 1.18. The molecular weight excluding hydrogens is 388 g/mol. The number of benzene rings is 1. The second-order valence-corrected chi connectivity index (χ2v) is 7.45. The molecule has 2 fully saturated rings. The van der Waals surface area contributed by atoms with Crippen LogP contribution < -0.4 is 20.8 Å². The Kier molecular flexibility index (Phi) is 8.20. The number of nitrogens with one attached hydrogen (secondary N) is 3. The predicted molar refractivity (Wildman–Crippen MR) is 110 cm³/mol. The lowest BCUT2D eigenvalue weighted by Crippen LogP contribution is -2.42. The van der Waals surface area contributed by atoms with Crippen LogP contribution in [-0.4, -0.2) is 55.8 Å². The summed E-state index contributed by atoms with van der Waals surface area (Å²) in [5, 5.41) is 9.30. The molecule has 1 saturated heterocycles.